The Morgan fingerprint density at radius 3 is 2.90 bits per heavy atom. The fourth-order valence-corrected chi connectivity index (χ4v) is 2.93. The lowest BCUT2D eigenvalue weighted by molar-refractivity contribution is 0.100. The standard InChI is InChI=1S/C15H24N4O/c1-3-19-8-4-5-12(19)10-18(2)11-6-7-14(16)13(9-11)15(17)20/h6-7,9,12H,3-5,8,10,16H2,1-2H3,(H2,17,20). The maximum atomic E-state index is 11.4. The van der Waals surface area contributed by atoms with Crippen molar-refractivity contribution in [1.82, 2.24) is 4.90 Å². The van der Waals surface area contributed by atoms with Crippen LogP contribution in [-0.4, -0.2) is 43.5 Å². The number of rotatable bonds is 5. The van der Waals surface area contributed by atoms with Crippen LogP contribution in [0.4, 0.5) is 11.4 Å². The number of hydrogen-bond donors (Lipinski definition) is 2. The van der Waals surface area contributed by atoms with Crippen LogP contribution < -0.4 is 16.4 Å². The van der Waals surface area contributed by atoms with Gasteiger partial charge in [-0.2, -0.15) is 0 Å². The fraction of sp³-hybridized carbons (Fsp3) is 0.533. The molecule has 1 amide bonds. The molecule has 0 aromatic heterocycles. The molecule has 20 heavy (non-hydrogen) atoms. The first-order chi connectivity index (χ1) is 9.52. The molecule has 1 aliphatic rings. The van der Waals surface area contributed by atoms with Crippen molar-refractivity contribution >= 4 is 17.3 Å². The second kappa shape index (κ2) is 6.13. The van der Waals surface area contributed by atoms with Gasteiger partial charge in [0, 0.05) is 31.0 Å². The molecule has 1 aromatic rings. The van der Waals surface area contributed by atoms with Crippen molar-refractivity contribution in [3.63, 3.8) is 0 Å². The highest BCUT2D eigenvalue weighted by Gasteiger charge is 2.24. The number of anilines is 2. The molecule has 5 nitrogen and oxygen atoms in total. The van der Waals surface area contributed by atoms with Crippen LogP contribution in [0.3, 0.4) is 0 Å². The SMILES string of the molecule is CCN1CCCC1CN(C)c1ccc(N)c(C(N)=O)c1. The number of benzene rings is 1. The molecule has 0 aliphatic carbocycles. The van der Waals surface area contributed by atoms with E-state index in [0.717, 1.165) is 18.8 Å². The first kappa shape index (κ1) is 14.7. The zero-order chi connectivity index (χ0) is 14.7. The summed E-state index contributed by atoms with van der Waals surface area (Å²) in [5, 5.41) is 0. The number of nitrogens with two attached hydrogens (primary N) is 2. The van der Waals surface area contributed by atoms with Crippen molar-refractivity contribution in [2.75, 3.05) is 37.3 Å². The van der Waals surface area contributed by atoms with E-state index in [4.69, 9.17) is 11.5 Å². The molecule has 110 valence electrons. The van der Waals surface area contributed by atoms with Crippen molar-refractivity contribution in [2.24, 2.45) is 5.73 Å². The molecule has 0 radical (unpaired) electrons. The van der Waals surface area contributed by atoms with Gasteiger partial charge in [-0.25, -0.2) is 0 Å². The molecule has 1 heterocycles. The Morgan fingerprint density at radius 2 is 2.25 bits per heavy atom. The zero-order valence-corrected chi connectivity index (χ0v) is 12.3. The van der Waals surface area contributed by atoms with Crippen LogP contribution in [-0.2, 0) is 0 Å². The molecule has 5 heteroatoms. The van der Waals surface area contributed by atoms with Crippen molar-refractivity contribution < 1.29 is 4.79 Å². The van der Waals surface area contributed by atoms with E-state index in [-0.39, 0.29) is 0 Å². The fourth-order valence-electron chi connectivity index (χ4n) is 2.93. The highest BCUT2D eigenvalue weighted by atomic mass is 16.1. The second-order valence-corrected chi connectivity index (χ2v) is 5.44. The third-order valence-electron chi connectivity index (χ3n) is 4.13. The molecule has 1 unspecified atom stereocenters. The van der Waals surface area contributed by atoms with E-state index in [9.17, 15) is 4.79 Å². The highest BCUT2D eigenvalue weighted by Crippen LogP contribution is 2.23. The summed E-state index contributed by atoms with van der Waals surface area (Å²) in [5.74, 6) is -0.478. The maximum Gasteiger partial charge on any atom is 0.250 e. The van der Waals surface area contributed by atoms with Gasteiger partial charge >= 0.3 is 0 Å². The molecule has 0 bridgehead atoms. The van der Waals surface area contributed by atoms with Gasteiger partial charge in [-0.3, -0.25) is 9.69 Å². The number of likely N-dealkylation sites (N-methyl/N-ethyl adjacent to an activating group) is 2. The van der Waals surface area contributed by atoms with Crippen molar-refractivity contribution in [3.8, 4) is 0 Å². The molecule has 4 N–H and O–H groups in total. The van der Waals surface area contributed by atoms with E-state index in [2.05, 4.69) is 16.7 Å². The number of carbonyl (C=O) groups excluding carboxylic acids is 1. The monoisotopic (exact) mass is 276 g/mol. The predicted molar refractivity (Wildman–Crippen MR) is 82.9 cm³/mol. The Bertz CT molecular complexity index is 489. The van der Waals surface area contributed by atoms with Gasteiger partial charge in [0.05, 0.1) is 5.56 Å². The number of nitrogens with zero attached hydrogens (tertiary/aromatic N) is 2. The van der Waals surface area contributed by atoms with Crippen LogP contribution in [0.25, 0.3) is 0 Å². The third kappa shape index (κ3) is 3.04. The van der Waals surface area contributed by atoms with E-state index < -0.39 is 5.91 Å². The van der Waals surface area contributed by atoms with Crippen LogP contribution in [0, 0.1) is 0 Å². The van der Waals surface area contributed by atoms with Gasteiger partial charge in [-0.15, -0.1) is 0 Å². The Hall–Kier alpha value is -1.75. The maximum absolute atomic E-state index is 11.4. The molecule has 1 fully saturated rings. The van der Waals surface area contributed by atoms with Crippen molar-refractivity contribution in [3.05, 3.63) is 23.8 Å². The minimum atomic E-state index is -0.478. The van der Waals surface area contributed by atoms with Crippen LogP contribution in [0.5, 0.6) is 0 Å². The lowest BCUT2D eigenvalue weighted by Gasteiger charge is -2.29. The van der Waals surface area contributed by atoms with E-state index in [1.54, 1.807) is 12.1 Å². The summed E-state index contributed by atoms with van der Waals surface area (Å²) in [6.07, 6.45) is 2.50. The van der Waals surface area contributed by atoms with E-state index in [1.165, 1.54) is 19.4 Å². The van der Waals surface area contributed by atoms with Crippen molar-refractivity contribution in [2.45, 2.75) is 25.8 Å². The summed E-state index contributed by atoms with van der Waals surface area (Å²) in [7, 11) is 2.04. The van der Waals surface area contributed by atoms with Crippen molar-refractivity contribution in [1.29, 1.82) is 0 Å². The molecule has 1 atom stereocenters. The molecule has 0 spiro atoms. The number of amides is 1. The summed E-state index contributed by atoms with van der Waals surface area (Å²) in [6, 6.07) is 6.05. The van der Waals surface area contributed by atoms with Gasteiger partial charge in [-0.1, -0.05) is 6.92 Å². The van der Waals surface area contributed by atoms with E-state index in [1.807, 2.05) is 13.1 Å². The number of primary amides is 1. The molecular weight excluding hydrogens is 252 g/mol. The number of nitrogen functional groups attached to an aromatic ring is 1. The van der Waals surface area contributed by atoms with E-state index in [0.29, 0.717) is 17.3 Å². The van der Waals surface area contributed by atoms with Gasteiger partial charge in [0.1, 0.15) is 0 Å². The first-order valence-corrected chi connectivity index (χ1v) is 7.17. The first-order valence-electron chi connectivity index (χ1n) is 7.17. The molecule has 0 saturated carbocycles. The third-order valence-corrected chi connectivity index (χ3v) is 4.13. The summed E-state index contributed by atoms with van der Waals surface area (Å²) in [4.78, 5) is 16.0. The highest BCUT2D eigenvalue weighted by molar-refractivity contribution is 5.99. The Kier molecular flexibility index (Phi) is 4.49. The summed E-state index contributed by atoms with van der Waals surface area (Å²) < 4.78 is 0. The summed E-state index contributed by atoms with van der Waals surface area (Å²) in [5.41, 5.74) is 12.9. The summed E-state index contributed by atoms with van der Waals surface area (Å²) >= 11 is 0. The second-order valence-electron chi connectivity index (χ2n) is 5.44. The normalized spacial score (nSPS) is 19.2. The molecule has 2 rings (SSSR count). The minimum absolute atomic E-state index is 0.396. The molecule has 1 aliphatic heterocycles. The number of likely N-dealkylation sites (tertiary alicyclic amines) is 1. The Morgan fingerprint density at radius 1 is 1.50 bits per heavy atom. The van der Waals surface area contributed by atoms with Gasteiger partial charge in [-0.05, 0) is 44.1 Å². The zero-order valence-electron chi connectivity index (χ0n) is 12.3. The topological polar surface area (TPSA) is 75.6 Å². The molecule has 1 aromatic carbocycles. The Labute approximate surface area is 120 Å². The molecule has 1 saturated heterocycles. The Balaban J connectivity index is 2.11. The lowest BCUT2D eigenvalue weighted by atomic mass is 10.1. The predicted octanol–water partition coefficient (Wildman–Crippen LogP) is 1.29. The van der Waals surface area contributed by atoms with Gasteiger partial charge < -0.3 is 16.4 Å². The quantitative estimate of drug-likeness (QED) is 0.795. The van der Waals surface area contributed by atoms with Gasteiger partial charge in [0.2, 0.25) is 0 Å². The summed E-state index contributed by atoms with van der Waals surface area (Å²) in [6.45, 7) is 5.43. The minimum Gasteiger partial charge on any atom is -0.398 e. The van der Waals surface area contributed by atoms with Crippen LogP contribution in [0.2, 0.25) is 0 Å². The average molecular weight is 276 g/mol. The van der Waals surface area contributed by atoms with Crippen LogP contribution >= 0.6 is 0 Å². The number of carbonyl (C=O) groups is 1. The van der Waals surface area contributed by atoms with E-state index >= 15 is 0 Å². The number of hydrogen-bond acceptors (Lipinski definition) is 4. The average Bonchev–Trinajstić information content (AvgIpc) is 2.86. The van der Waals surface area contributed by atoms with Gasteiger partial charge in [0.25, 0.3) is 5.91 Å². The lowest BCUT2D eigenvalue weighted by Crippen LogP contribution is -2.38. The van der Waals surface area contributed by atoms with Crippen LogP contribution in [0.1, 0.15) is 30.1 Å². The van der Waals surface area contributed by atoms with Crippen LogP contribution in [0.15, 0.2) is 18.2 Å². The van der Waals surface area contributed by atoms with Gasteiger partial charge in [0.15, 0.2) is 0 Å². The largest absolute Gasteiger partial charge is 0.398 e. The molecular formula is C15H24N4O. The smallest absolute Gasteiger partial charge is 0.250 e.